The summed E-state index contributed by atoms with van der Waals surface area (Å²) in [4.78, 5) is 31.5. The molecule has 2 amide bonds. The fraction of sp³-hybridized carbons (Fsp3) is 0.895. The van der Waals surface area contributed by atoms with E-state index in [0.29, 0.717) is 24.3 Å². The first-order valence-electron chi connectivity index (χ1n) is 9.93. The van der Waals surface area contributed by atoms with Gasteiger partial charge in [-0.1, -0.05) is 20.8 Å². The van der Waals surface area contributed by atoms with E-state index in [1.165, 1.54) is 6.42 Å². The Morgan fingerprint density at radius 2 is 1.52 bits per heavy atom. The summed E-state index contributed by atoms with van der Waals surface area (Å²) in [6.45, 7) is 13.9. The van der Waals surface area contributed by atoms with Crippen molar-refractivity contribution in [2.24, 2.45) is 23.7 Å². The summed E-state index contributed by atoms with van der Waals surface area (Å²) in [7, 11) is 0. The molecule has 3 rings (SSSR count). The van der Waals surface area contributed by atoms with Crippen LogP contribution >= 0.6 is 24.8 Å². The van der Waals surface area contributed by atoms with Crippen molar-refractivity contribution < 1.29 is 9.59 Å². The van der Waals surface area contributed by atoms with Crippen molar-refractivity contribution >= 4 is 36.6 Å². The third-order valence-electron chi connectivity index (χ3n) is 6.17. The first-order chi connectivity index (χ1) is 11.9. The lowest BCUT2D eigenvalue weighted by atomic mass is 9.88. The standard InChI is InChI=1S/C19H34N4O2.2ClH/c1-14-8-15(2)12-23(11-14)18(24)13-21-4-6-22(7-5-21)19(25)16(3)17-9-20-10-17;;/h14-17,20H,4-13H2,1-3H3;2*1H. The van der Waals surface area contributed by atoms with Gasteiger partial charge in [-0.15, -0.1) is 24.8 Å². The minimum Gasteiger partial charge on any atom is -0.341 e. The third-order valence-corrected chi connectivity index (χ3v) is 6.17. The molecule has 0 spiro atoms. The fourth-order valence-electron chi connectivity index (χ4n) is 4.44. The number of hydrogen-bond donors (Lipinski definition) is 1. The van der Waals surface area contributed by atoms with Crippen molar-refractivity contribution in [3.8, 4) is 0 Å². The second-order valence-electron chi connectivity index (χ2n) is 8.55. The number of amides is 2. The van der Waals surface area contributed by atoms with E-state index >= 15 is 0 Å². The van der Waals surface area contributed by atoms with Crippen molar-refractivity contribution in [2.75, 3.05) is 58.9 Å². The van der Waals surface area contributed by atoms with Crippen LogP contribution in [0.4, 0.5) is 0 Å². The zero-order valence-electron chi connectivity index (χ0n) is 16.9. The molecular formula is C19H36Cl2N4O2. The number of nitrogens with zero attached hydrogens (tertiary/aromatic N) is 3. The highest BCUT2D eigenvalue weighted by molar-refractivity contribution is 5.85. The Balaban J connectivity index is 0.00000182. The molecule has 0 radical (unpaired) electrons. The molecule has 3 unspecified atom stereocenters. The fourth-order valence-corrected chi connectivity index (χ4v) is 4.44. The maximum atomic E-state index is 12.6. The number of carbonyl (C=O) groups excluding carboxylic acids is 2. The Morgan fingerprint density at radius 3 is 2.00 bits per heavy atom. The van der Waals surface area contributed by atoms with E-state index in [0.717, 1.165) is 52.4 Å². The van der Waals surface area contributed by atoms with Crippen LogP contribution in [0.5, 0.6) is 0 Å². The zero-order valence-corrected chi connectivity index (χ0v) is 18.5. The van der Waals surface area contributed by atoms with Crippen LogP contribution in [0.15, 0.2) is 0 Å². The van der Waals surface area contributed by atoms with Gasteiger partial charge in [0.2, 0.25) is 11.8 Å². The normalized spacial score (nSPS) is 27.8. The summed E-state index contributed by atoms with van der Waals surface area (Å²) in [5.74, 6) is 2.36. The number of likely N-dealkylation sites (tertiary alicyclic amines) is 1. The molecule has 0 saturated carbocycles. The molecule has 3 heterocycles. The monoisotopic (exact) mass is 422 g/mol. The summed E-state index contributed by atoms with van der Waals surface area (Å²) in [5, 5.41) is 3.24. The Bertz CT molecular complexity index is 486. The Kier molecular flexibility index (Phi) is 9.83. The highest BCUT2D eigenvalue weighted by Crippen LogP contribution is 2.22. The molecule has 158 valence electrons. The summed E-state index contributed by atoms with van der Waals surface area (Å²) < 4.78 is 0. The van der Waals surface area contributed by atoms with E-state index in [9.17, 15) is 9.59 Å². The summed E-state index contributed by atoms with van der Waals surface area (Å²) in [6.07, 6.45) is 1.22. The van der Waals surface area contributed by atoms with Gasteiger partial charge in [-0.3, -0.25) is 14.5 Å². The van der Waals surface area contributed by atoms with Gasteiger partial charge in [0.25, 0.3) is 0 Å². The molecule has 0 aromatic carbocycles. The molecular weight excluding hydrogens is 387 g/mol. The smallest absolute Gasteiger partial charge is 0.236 e. The molecule has 0 bridgehead atoms. The minimum absolute atomic E-state index is 0. The number of carbonyl (C=O) groups is 2. The predicted octanol–water partition coefficient (Wildman–Crippen LogP) is 1.33. The summed E-state index contributed by atoms with van der Waals surface area (Å²) >= 11 is 0. The lowest BCUT2D eigenvalue weighted by Crippen LogP contribution is -2.56. The summed E-state index contributed by atoms with van der Waals surface area (Å²) in [5.41, 5.74) is 0. The van der Waals surface area contributed by atoms with Crippen LogP contribution < -0.4 is 5.32 Å². The first kappa shape index (κ1) is 24.5. The molecule has 27 heavy (non-hydrogen) atoms. The molecule has 0 aromatic rings. The highest BCUT2D eigenvalue weighted by atomic mass is 35.5. The number of piperazine rings is 1. The molecule has 8 heteroatoms. The second kappa shape index (κ2) is 10.8. The van der Waals surface area contributed by atoms with Crippen molar-refractivity contribution in [1.82, 2.24) is 20.0 Å². The van der Waals surface area contributed by atoms with E-state index in [2.05, 4.69) is 31.0 Å². The average molecular weight is 423 g/mol. The van der Waals surface area contributed by atoms with Gasteiger partial charge in [-0.25, -0.2) is 0 Å². The molecule has 0 aliphatic carbocycles. The van der Waals surface area contributed by atoms with Crippen LogP contribution in [0.2, 0.25) is 0 Å². The van der Waals surface area contributed by atoms with E-state index in [1.54, 1.807) is 0 Å². The second-order valence-corrected chi connectivity index (χ2v) is 8.55. The molecule has 3 aliphatic rings. The van der Waals surface area contributed by atoms with Crippen molar-refractivity contribution in [2.45, 2.75) is 27.2 Å². The number of hydrogen-bond acceptors (Lipinski definition) is 4. The van der Waals surface area contributed by atoms with Gasteiger partial charge in [0.15, 0.2) is 0 Å². The molecule has 6 nitrogen and oxygen atoms in total. The van der Waals surface area contributed by atoms with E-state index in [-0.39, 0.29) is 42.5 Å². The lowest BCUT2D eigenvalue weighted by Gasteiger charge is -2.40. The van der Waals surface area contributed by atoms with Gasteiger partial charge >= 0.3 is 0 Å². The Morgan fingerprint density at radius 1 is 0.963 bits per heavy atom. The van der Waals surface area contributed by atoms with Crippen LogP contribution in [0.3, 0.4) is 0 Å². The number of rotatable bonds is 4. The van der Waals surface area contributed by atoms with Crippen molar-refractivity contribution in [3.05, 3.63) is 0 Å². The Labute approximate surface area is 176 Å². The van der Waals surface area contributed by atoms with Gasteiger partial charge < -0.3 is 15.1 Å². The SMILES string of the molecule is CC1CC(C)CN(C(=O)CN2CCN(C(=O)C(C)C3CNC3)CC2)C1.Cl.Cl. The third kappa shape index (κ3) is 6.21. The largest absolute Gasteiger partial charge is 0.341 e. The highest BCUT2D eigenvalue weighted by Gasteiger charge is 2.33. The van der Waals surface area contributed by atoms with E-state index in [4.69, 9.17) is 0 Å². The maximum absolute atomic E-state index is 12.6. The van der Waals surface area contributed by atoms with Crippen molar-refractivity contribution in [1.29, 1.82) is 0 Å². The molecule has 1 N–H and O–H groups in total. The minimum atomic E-state index is 0. The number of piperidine rings is 1. The van der Waals surface area contributed by atoms with Crippen LogP contribution in [-0.4, -0.2) is 85.4 Å². The average Bonchev–Trinajstić information content (AvgIpc) is 2.52. The molecule has 3 atom stereocenters. The van der Waals surface area contributed by atoms with Crippen LogP contribution in [0, 0.1) is 23.7 Å². The van der Waals surface area contributed by atoms with Gasteiger partial charge in [-0.2, -0.15) is 0 Å². The Hall–Kier alpha value is -0.560. The quantitative estimate of drug-likeness (QED) is 0.742. The van der Waals surface area contributed by atoms with Gasteiger partial charge in [0.05, 0.1) is 6.54 Å². The number of halogens is 2. The van der Waals surface area contributed by atoms with E-state index in [1.807, 2.05) is 9.80 Å². The molecule has 3 saturated heterocycles. The molecule has 3 fully saturated rings. The van der Waals surface area contributed by atoms with Crippen LogP contribution in [-0.2, 0) is 9.59 Å². The van der Waals surface area contributed by atoms with Crippen LogP contribution in [0.1, 0.15) is 27.2 Å². The van der Waals surface area contributed by atoms with Crippen molar-refractivity contribution in [3.63, 3.8) is 0 Å². The molecule has 0 aromatic heterocycles. The van der Waals surface area contributed by atoms with Crippen LogP contribution in [0.25, 0.3) is 0 Å². The molecule has 3 aliphatic heterocycles. The topological polar surface area (TPSA) is 55.9 Å². The lowest BCUT2D eigenvalue weighted by molar-refractivity contribution is -0.140. The number of nitrogens with one attached hydrogen (secondary N) is 1. The maximum Gasteiger partial charge on any atom is 0.236 e. The van der Waals surface area contributed by atoms with Gasteiger partial charge in [0, 0.05) is 45.2 Å². The summed E-state index contributed by atoms with van der Waals surface area (Å²) in [6, 6.07) is 0. The first-order valence-corrected chi connectivity index (χ1v) is 9.93. The van der Waals surface area contributed by atoms with Gasteiger partial charge in [-0.05, 0) is 37.3 Å². The zero-order chi connectivity index (χ0) is 18.0. The van der Waals surface area contributed by atoms with E-state index < -0.39 is 0 Å². The van der Waals surface area contributed by atoms with Gasteiger partial charge in [0.1, 0.15) is 0 Å². The predicted molar refractivity (Wildman–Crippen MR) is 113 cm³/mol.